The molecule has 2 rings (SSSR count). The second-order valence-corrected chi connectivity index (χ2v) is 3.82. The Morgan fingerprint density at radius 2 is 1.72 bits per heavy atom. The average Bonchev–Trinajstić information content (AvgIpc) is 2.68. The van der Waals surface area contributed by atoms with Gasteiger partial charge in [0, 0.05) is 5.69 Å². The van der Waals surface area contributed by atoms with Gasteiger partial charge in [-0.3, -0.25) is 4.57 Å². The number of benzene rings is 1. The number of H-pyrrole nitrogens is 1. The van der Waals surface area contributed by atoms with Crippen LogP contribution in [0.4, 0.5) is 0 Å². The number of nitrogens with one attached hydrogen (secondary N) is 1. The van der Waals surface area contributed by atoms with E-state index in [9.17, 15) is 9.59 Å². The normalized spacial score (nSPS) is 10.2. The van der Waals surface area contributed by atoms with Crippen LogP contribution in [0.5, 0.6) is 0 Å². The lowest BCUT2D eigenvalue weighted by molar-refractivity contribution is 0.0642. The first kappa shape index (κ1) is 12.1. The zero-order chi connectivity index (χ0) is 13.3. The number of rotatable bonds is 3. The van der Waals surface area contributed by atoms with Gasteiger partial charge < -0.3 is 15.2 Å². The number of nitrogens with zero attached hydrogens (tertiary/aromatic N) is 1. The van der Waals surface area contributed by atoms with Crippen molar-refractivity contribution in [3.8, 4) is 5.69 Å². The van der Waals surface area contributed by atoms with Crippen molar-refractivity contribution in [1.82, 2.24) is 9.55 Å². The van der Waals surface area contributed by atoms with Gasteiger partial charge in [-0.05, 0) is 24.4 Å². The van der Waals surface area contributed by atoms with Gasteiger partial charge in [-0.15, -0.1) is 0 Å². The lowest BCUT2D eigenvalue weighted by Gasteiger charge is -2.05. The molecule has 0 saturated carbocycles. The quantitative estimate of drug-likeness (QED) is 0.736. The molecule has 0 fully saturated rings. The summed E-state index contributed by atoms with van der Waals surface area (Å²) in [5.74, 6) is -2.73. The fraction of sp³-hybridized carbons (Fsp3) is 0. The van der Waals surface area contributed by atoms with Crippen molar-refractivity contribution < 1.29 is 19.8 Å². The maximum Gasteiger partial charge on any atom is 0.355 e. The Hall–Kier alpha value is -2.41. The number of para-hydroxylation sites is 1. The van der Waals surface area contributed by atoms with Crippen LogP contribution in [0.25, 0.3) is 5.69 Å². The summed E-state index contributed by atoms with van der Waals surface area (Å²) in [6.45, 7) is 0. The van der Waals surface area contributed by atoms with E-state index in [1.54, 1.807) is 30.3 Å². The molecule has 0 saturated heterocycles. The number of aromatic carboxylic acids is 2. The van der Waals surface area contributed by atoms with Gasteiger partial charge >= 0.3 is 11.9 Å². The van der Waals surface area contributed by atoms with E-state index in [2.05, 4.69) is 4.98 Å². The number of carbonyl (C=O) groups is 2. The van der Waals surface area contributed by atoms with Crippen LogP contribution in [0.1, 0.15) is 21.0 Å². The van der Waals surface area contributed by atoms with Crippen molar-refractivity contribution in [2.24, 2.45) is 0 Å². The number of hydrogen-bond donors (Lipinski definition) is 3. The van der Waals surface area contributed by atoms with Crippen molar-refractivity contribution in [3.05, 3.63) is 46.5 Å². The molecule has 92 valence electrons. The molecule has 1 aromatic carbocycles. The number of hydrogen-bond acceptors (Lipinski definition) is 3. The lowest BCUT2D eigenvalue weighted by atomic mass is 10.2. The minimum Gasteiger partial charge on any atom is -0.477 e. The molecule has 0 atom stereocenters. The first-order valence-electron chi connectivity index (χ1n) is 4.89. The highest BCUT2D eigenvalue weighted by Gasteiger charge is 2.24. The monoisotopic (exact) mass is 264 g/mol. The fourth-order valence-corrected chi connectivity index (χ4v) is 1.91. The highest BCUT2D eigenvalue weighted by atomic mass is 32.1. The van der Waals surface area contributed by atoms with Crippen LogP contribution in [0.2, 0.25) is 0 Å². The zero-order valence-electron chi connectivity index (χ0n) is 8.95. The van der Waals surface area contributed by atoms with Gasteiger partial charge in [-0.1, -0.05) is 18.2 Å². The molecule has 0 unspecified atom stereocenters. The second-order valence-electron chi connectivity index (χ2n) is 3.44. The molecule has 1 heterocycles. The van der Waals surface area contributed by atoms with Crippen LogP contribution < -0.4 is 0 Å². The van der Waals surface area contributed by atoms with Crippen LogP contribution >= 0.6 is 12.2 Å². The predicted octanol–water partition coefficient (Wildman–Crippen LogP) is 1.93. The van der Waals surface area contributed by atoms with E-state index in [0.717, 1.165) is 0 Å². The highest BCUT2D eigenvalue weighted by molar-refractivity contribution is 7.71. The first-order valence-corrected chi connectivity index (χ1v) is 5.30. The molecule has 1 aromatic heterocycles. The molecular formula is C11H8N2O4S. The van der Waals surface area contributed by atoms with E-state index in [4.69, 9.17) is 22.4 Å². The third-order valence-corrected chi connectivity index (χ3v) is 2.61. The van der Waals surface area contributed by atoms with Gasteiger partial charge in [0.05, 0.1) is 0 Å². The maximum absolute atomic E-state index is 11.2. The van der Waals surface area contributed by atoms with Gasteiger partial charge in [0.25, 0.3) is 0 Å². The fourth-order valence-electron chi connectivity index (χ4n) is 1.62. The van der Waals surface area contributed by atoms with Crippen molar-refractivity contribution in [2.75, 3.05) is 0 Å². The molecule has 0 bridgehead atoms. The van der Waals surface area contributed by atoms with Gasteiger partial charge in [0.15, 0.2) is 16.2 Å². The first-order chi connectivity index (χ1) is 8.52. The number of aromatic amines is 1. The van der Waals surface area contributed by atoms with E-state index in [-0.39, 0.29) is 4.77 Å². The number of aromatic nitrogens is 2. The molecule has 7 heteroatoms. The Bertz CT molecular complexity index is 672. The summed E-state index contributed by atoms with van der Waals surface area (Å²) in [5, 5.41) is 18.1. The maximum atomic E-state index is 11.2. The zero-order valence-corrected chi connectivity index (χ0v) is 9.77. The Balaban J connectivity index is 2.79. The molecule has 6 nitrogen and oxygen atoms in total. The SMILES string of the molecule is O=C(O)c1[nH]c(=S)n(-c2ccccc2)c1C(=O)O. The van der Waals surface area contributed by atoms with Gasteiger partial charge in [0.2, 0.25) is 0 Å². The Labute approximate surface area is 106 Å². The average molecular weight is 264 g/mol. The third-order valence-electron chi connectivity index (χ3n) is 2.33. The summed E-state index contributed by atoms with van der Waals surface area (Å²) < 4.78 is 1.21. The summed E-state index contributed by atoms with van der Waals surface area (Å²) in [4.78, 5) is 24.5. The smallest absolute Gasteiger partial charge is 0.355 e. The van der Waals surface area contributed by atoms with E-state index in [0.29, 0.717) is 5.69 Å². The number of carboxylic acid groups (broad SMARTS) is 2. The summed E-state index contributed by atoms with van der Waals surface area (Å²) in [6.07, 6.45) is 0. The predicted molar refractivity (Wildman–Crippen MR) is 64.9 cm³/mol. The minimum absolute atomic E-state index is 0.0241. The van der Waals surface area contributed by atoms with Crippen LogP contribution in [-0.2, 0) is 0 Å². The lowest BCUT2D eigenvalue weighted by Crippen LogP contribution is -2.12. The summed E-state index contributed by atoms with van der Waals surface area (Å²) in [7, 11) is 0. The highest BCUT2D eigenvalue weighted by Crippen LogP contribution is 2.16. The Morgan fingerprint density at radius 3 is 2.22 bits per heavy atom. The van der Waals surface area contributed by atoms with Crippen LogP contribution in [0, 0.1) is 4.77 Å². The standard InChI is InChI=1S/C11H8N2O4S/c14-9(15)7-8(10(16)17)13(11(18)12-7)6-4-2-1-3-5-6/h1-5H,(H,12,18)(H,14,15)(H,16,17). The van der Waals surface area contributed by atoms with E-state index in [1.807, 2.05) is 0 Å². The summed E-state index contributed by atoms with van der Waals surface area (Å²) >= 11 is 4.96. The third kappa shape index (κ3) is 1.91. The summed E-state index contributed by atoms with van der Waals surface area (Å²) in [5.41, 5.74) is -0.335. The summed E-state index contributed by atoms with van der Waals surface area (Å²) in [6, 6.07) is 8.45. The van der Waals surface area contributed by atoms with E-state index in [1.165, 1.54) is 4.57 Å². The molecule has 0 aliphatic carbocycles. The van der Waals surface area contributed by atoms with Crippen molar-refractivity contribution >= 4 is 24.2 Å². The van der Waals surface area contributed by atoms with Gasteiger partial charge in [-0.2, -0.15) is 0 Å². The van der Waals surface area contributed by atoms with Gasteiger partial charge in [0.1, 0.15) is 0 Å². The molecule has 0 aliphatic heterocycles. The van der Waals surface area contributed by atoms with Crippen molar-refractivity contribution in [2.45, 2.75) is 0 Å². The Kier molecular flexibility index (Phi) is 2.99. The molecule has 0 aliphatic rings. The molecular weight excluding hydrogens is 256 g/mol. The van der Waals surface area contributed by atoms with Gasteiger partial charge in [-0.25, -0.2) is 9.59 Å². The minimum atomic E-state index is -1.37. The van der Waals surface area contributed by atoms with Crippen molar-refractivity contribution in [3.63, 3.8) is 0 Å². The van der Waals surface area contributed by atoms with Crippen LogP contribution in [0.3, 0.4) is 0 Å². The number of carboxylic acids is 2. The topological polar surface area (TPSA) is 95.3 Å². The molecule has 0 spiro atoms. The Morgan fingerprint density at radius 1 is 1.11 bits per heavy atom. The number of imidazole rings is 1. The molecule has 3 N–H and O–H groups in total. The van der Waals surface area contributed by atoms with Crippen molar-refractivity contribution in [1.29, 1.82) is 0 Å². The van der Waals surface area contributed by atoms with E-state index < -0.39 is 23.3 Å². The van der Waals surface area contributed by atoms with Crippen LogP contribution in [0.15, 0.2) is 30.3 Å². The molecule has 2 aromatic rings. The van der Waals surface area contributed by atoms with Crippen LogP contribution in [-0.4, -0.2) is 31.7 Å². The molecule has 0 amide bonds. The molecule has 18 heavy (non-hydrogen) atoms. The second kappa shape index (κ2) is 4.46. The largest absolute Gasteiger partial charge is 0.477 e. The molecule has 0 radical (unpaired) electrons. The van der Waals surface area contributed by atoms with E-state index >= 15 is 0 Å².